The molecule has 0 fully saturated rings. The molecule has 1 aliphatic heterocycles. The normalized spacial score (nSPS) is 19.5. The molecule has 1 atom stereocenters. The van der Waals surface area contributed by atoms with Crippen LogP contribution in [0.15, 0.2) is 24.3 Å². The lowest BCUT2D eigenvalue weighted by atomic mass is 9.93. The topological polar surface area (TPSA) is 49.4 Å². The van der Waals surface area contributed by atoms with Gasteiger partial charge in [-0.05, 0) is 19.1 Å². The fraction of sp³-hybridized carbons (Fsp3) is 0.467. The molecule has 1 aromatic rings. The Morgan fingerprint density at radius 2 is 1.95 bits per heavy atom. The second kappa shape index (κ2) is 4.68. The van der Waals surface area contributed by atoms with E-state index in [9.17, 15) is 9.59 Å². The number of para-hydroxylation sites is 2. The van der Waals surface area contributed by atoms with Crippen LogP contribution in [0.1, 0.15) is 34.1 Å². The summed E-state index contributed by atoms with van der Waals surface area (Å²) in [4.78, 5) is 26.2. The maximum atomic E-state index is 12.6. The molecule has 0 saturated heterocycles. The second-order valence-corrected chi connectivity index (χ2v) is 6.04. The summed E-state index contributed by atoms with van der Waals surface area (Å²) >= 11 is 0. The summed E-state index contributed by atoms with van der Waals surface area (Å²) in [5.74, 6) is -0.0203. The fourth-order valence-corrected chi connectivity index (χ4v) is 2.26. The highest BCUT2D eigenvalue weighted by Crippen LogP contribution is 2.34. The van der Waals surface area contributed by atoms with Crippen molar-refractivity contribution in [1.82, 2.24) is 0 Å². The summed E-state index contributed by atoms with van der Waals surface area (Å²) in [6, 6.07) is 7.30. The average molecular weight is 260 g/mol. The number of benzene rings is 1. The van der Waals surface area contributed by atoms with Gasteiger partial charge in [-0.2, -0.15) is 0 Å². The number of carbonyl (C=O) groups excluding carboxylic acids is 2. The zero-order valence-corrected chi connectivity index (χ0v) is 11.9. The highest BCUT2D eigenvalue weighted by molar-refractivity contribution is 6.05. The van der Waals surface area contributed by atoms with Crippen LogP contribution in [0.3, 0.4) is 0 Å². The molecular weight excluding hydrogens is 240 g/mol. The summed E-state index contributed by atoms with van der Waals surface area (Å²) < 4.78 is 0. The number of carbonyl (C=O) groups is 2. The van der Waals surface area contributed by atoms with E-state index in [1.807, 2.05) is 52.0 Å². The van der Waals surface area contributed by atoms with Gasteiger partial charge in [-0.25, -0.2) is 0 Å². The predicted octanol–water partition coefficient (Wildman–Crippen LogP) is 2.80. The number of anilines is 2. The van der Waals surface area contributed by atoms with Gasteiger partial charge in [0.15, 0.2) is 0 Å². The van der Waals surface area contributed by atoms with Crippen molar-refractivity contribution in [1.29, 1.82) is 0 Å². The summed E-state index contributed by atoms with van der Waals surface area (Å²) in [5, 5.41) is 2.86. The monoisotopic (exact) mass is 260 g/mol. The molecule has 1 heterocycles. The lowest BCUT2D eigenvalue weighted by Crippen LogP contribution is -2.45. The zero-order chi connectivity index (χ0) is 14.2. The number of nitrogens with one attached hydrogen (secondary N) is 1. The van der Waals surface area contributed by atoms with E-state index in [2.05, 4.69) is 5.32 Å². The van der Waals surface area contributed by atoms with Crippen LogP contribution in [-0.4, -0.2) is 17.9 Å². The molecule has 4 nitrogen and oxygen atoms in total. The number of hydrogen-bond donors (Lipinski definition) is 1. The van der Waals surface area contributed by atoms with Crippen molar-refractivity contribution in [3.63, 3.8) is 0 Å². The minimum absolute atomic E-state index is 0.0314. The number of rotatable bonds is 0. The predicted molar refractivity (Wildman–Crippen MR) is 76.1 cm³/mol. The van der Waals surface area contributed by atoms with Crippen LogP contribution in [0, 0.1) is 5.41 Å². The minimum Gasteiger partial charge on any atom is -0.324 e. The molecule has 2 amide bonds. The molecular formula is C15H20N2O2. The van der Waals surface area contributed by atoms with E-state index < -0.39 is 5.41 Å². The Kier molecular flexibility index (Phi) is 3.35. The number of fused-ring (bicyclic) bond motifs is 1. The average Bonchev–Trinajstić information content (AvgIpc) is 2.41. The van der Waals surface area contributed by atoms with Gasteiger partial charge in [0.25, 0.3) is 0 Å². The van der Waals surface area contributed by atoms with E-state index in [1.165, 1.54) is 0 Å². The first-order chi connectivity index (χ1) is 8.80. The van der Waals surface area contributed by atoms with Gasteiger partial charge in [0.05, 0.1) is 11.4 Å². The first-order valence-electron chi connectivity index (χ1n) is 6.53. The molecule has 0 bridgehead atoms. The smallest absolute Gasteiger partial charge is 0.232 e. The van der Waals surface area contributed by atoms with Crippen molar-refractivity contribution in [3.8, 4) is 0 Å². The first-order valence-corrected chi connectivity index (χ1v) is 6.53. The molecule has 0 aromatic heterocycles. The highest BCUT2D eigenvalue weighted by Gasteiger charge is 2.35. The number of nitrogens with zero attached hydrogens (tertiary/aromatic N) is 1. The molecule has 1 aliphatic rings. The zero-order valence-electron chi connectivity index (χ0n) is 11.9. The quantitative estimate of drug-likeness (QED) is 0.779. The van der Waals surface area contributed by atoms with Gasteiger partial charge in [-0.1, -0.05) is 32.9 Å². The van der Waals surface area contributed by atoms with Gasteiger partial charge in [0.2, 0.25) is 11.8 Å². The highest BCUT2D eigenvalue weighted by atomic mass is 16.2. The van der Waals surface area contributed by atoms with E-state index >= 15 is 0 Å². The third kappa shape index (κ3) is 2.62. The van der Waals surface area contributed by atoms with Gasteiger partial charge < -0.3 is 10.2 Å². The van der Waals surface area contributed by atoms with Gasteiger partial charge in [0, 0.05) is 17.9 Å². The SMILES string of the molecule is CC1CC(=O)Nc2ccccc2N1C(=O)C(C)(C)C. The van der Waals surface area contributed by atoms with Crippen molar-refractivity contribution in [2.24, 2.45) is 5.41 Å². The molecule has 0 saturated carbocycles. The van der Waals surface area contributed by atoms with Gasteiger partial charge in [0.1, 0.15) is 0 Å². The third-order valence-corrected chi connectivity index (χ3v) is 3.22. The molecule has 1 aromatic carbocycles. The molecule has 0 spiro atoms. The van der Waals surface area contributed by atoms with Gasteiger partial charge in [-0.3, -0.25) is 9.59 Å². The lowest BCUT2D eigenvalue weighted by molar-refractivity contribution is -0.126. The van der Waals surface area contributed by atoms with Crippen LogP contribution in [0.4, 0.5) is 11.4 Å². The van der Waals surface area contributed by atoms with Crippen molar-refractivity contribution in [2.75, 3.05) is 10.2 Å². The molecule has 1 unspecified atom stereocenters. The lowest BCUT2D eigenvalue weighted by Gasteiger charge is -2.33. The van der Waals surface area contributed by atoms with Crippen molar-refractivity contribution < 1.29 is 9.59 Å². The van der Waals surface area contributed by atoms with Crippen LogP contribution in [0.5, 0.6) is 0 Å². The Balaban J connectivity index is 2.52. The molecule has 4 heteroatoms. The molecule has 102 valence electrons. The van der Waals surface area contributed by atoms with Gasteiger partial charge in [-0.15, -0.1) is 0 Å². The molecule has 2 rings (SSSR count). The Morgan fingerprint density at radius 3 is 2.58 bits per heavy atom. The number of hydrogen-bond acceptors (Lipinski definition) is 2. The van der Waals surface area contributed by atoms with E-state index in [1.54, 1.807) is 4.90 Å². The maximum absolute atomic E-state index is 12.6. The van der Waals surface area contributed by atoms with Crippen LogP contribution in [0.25, 0.3) is 0 Å². The fourth-order valence-electron chi connectivity index (χ4n) is 2.26. The van der Waals surface area contributed by atoms with E-state index in [0.717, 1.165) is 5.69 Å². The van der Waals surface area contributed by atoms with Crippen molar-refractivity contribution >= 4 is 23.2 Å². The van der Waals surface area contributed by atoms with Crippen LogP contribution in [-0.2, 0) is 9.59 Å². The summed E-state index contributed by atoms with van der Waals surface area (Å²) in [7, 11) is 0. The largest absolute Gasteiger partial charge is 0.324 e. The van der Waals surface area contributed by atoms with E-state index in [-0.39, 0.29) is 17.9 Å². The number of amides is 2. The molecule has 0 radical (unpaired) electrons. The summed E-state index contributed by atoms with van der Waals surface area (Å²) in [6.45, 7) is 7.59. The third-order valence-electron chi connectivity index (χ3n) is 3.22. The molecule has 1 N–H and O–H groups in total. The van der Waals surface area contributed by atoms with E-state index in [4.69, 9.17) is 0 Å². The second-order valence-electron chi connectivity index (χ2n) is 6.04. The Morgan fingerprint density at radius 1 is 1.32 bits per heavy atom. The standard InChI is InChI=1S/C15H20N2O2/c1-10-9-13(18)16-11-7-5-6-8-12(11)17(10)14(19)15(2,3)4/h5-8,10H,9H2,1-4H3,(H,16,18). The van der Waals surface area contributed by atoms with Gasteiger partial charge >= 0.3 is 0 Å². The summed E-state index contributed by atoms with van der Waals surface area (Å²) in [5.41, 5.74) is 1.00. The Labute approximate surface area is 113 Å². The molecule has 0 aliphatic carbocycles. The minimum atomic E-state index is -0.477. The van der Waals surface area contributed by atoms with Crippen LogP contribution >= 0.6 is 0 Å². The first kappa shape index (κ1) is 13.6. The Hall–Kier alpha value is -1.84. The maximum Gasteiger partial charge on any atom is 0.232 e. The van der Waals surface area contributed by atoms with Crippen molar-refractivity contribution in [3.05, 3.63) is 24.3 Å². The van der Waals surface area contributed by atoms with E-state index in [0.29, 0.717) is 12.1 Å². The molecule has 19 heavy (non-hydrogen) atoms. The van der Waals surface area contributed by atoms with Crippen LogP contribution < -0.4 is 10.2 Å². The Bertz CT molecular complexity index is 517. The van der Waals surface area contributed by atoms with Crippen molar-refractivity contribution in [2.45, 2.75) is 40.2 Å². The summed E-state index contributed by atoms with van der Waals surface area (Å²) in [6.07, 6.45) is 0.316. The van der Waals surface area contributed by atoms with Crippen LogP contribution in [0.2, 0.25) is 0 Å².